The summed E-state index contributed by atoms with van der Waals surface area (Å²) in [5.41, 5.74) is 7.89. The molecule has 5 rings (SSSR count). The molecule has 1 N–H and O–H groups in total. The molecular formula is C29H25N5O2. The van der Waals surface area contributed by atoms with Gasteiger partial charge < -0.3 is 4.74 Å². The highest BCUT2D eigenvalue weighted by Crippen LogP contribution is 2.25. The number of carbonyl (C=O) groups is 1. The van der Waals surface area contributed by atoms with Crippen molar-refractivity contribution < 1.29 is 9.53 Å². The van der Waals surface area contributed by atoms with Crippen molar-refractivity contribution in [2.75, 3.05) is 0 Å². The summed E-state index contributed by atoms with van der Waals surface area (Å²) in [7, 11) is 0. The van der Waals surface area contributed by atoms with Gasteiger partial charge in [0, 0.05) is 28.9 Å². The molecule has 0 saturated heterocycles. The average molecular weight is 476 g/mol. The number of ether oxygens (including phenoxy) is 1. The van der Waals surface area contributed by atoms with E-state index in [4.69, 9.17) is 9.84 Å². The molecule has 0 fully saturated rings. The number of hydrogen-bond acceptors (Lipinski definition) is 5. The number of benzene rings is 3. The Bertz CT molecular complexity index is 1520. The molecule has 5 aromatic rings. The van der Waals surface area contributed by atoms with Crippen molar-refractivity contribution >= 4 is 23.0 Å². The van der Waals surface area contributed by atoms with Crippen LogP contribution < -0.4 is 10.2 Å². The van der Waals surface area contributed by atoms with Gasteiger partial charge in [0.2, 0.25) is 0 Å². The van der Waals surface area contributed by atoms with Crippen LogP contribution in [0.3, 0.4) is 0 Å². The van der Waals surface area contributed by atoms with Gasteiger partial charge in [-0.3, -0.25) is 9.78 Å². The van der Waals surface area contributed by atoms with Crippen molar-refractivity contribution in [1.29, 1.82) is 0 Å². The van der Waals surface area contributed by atoms with Gasteiger partial charge in [-0.2, -0.15) is 10.2 Å². The highest BCUT2D eigenvalue weighted by molar-refractivity contribution is 5.90. The Balaban J connectivity index is 1.34. The van der Waals surface area contributed by atoms with E-state index in [0.717, 1.165) is 27.9 Å². The van der Waals surface area contributed by atoms with E-state index < -0.39 is 6.10 Å². The smallest absolute Gasteiger partial charge is 0.280 e. The lowest BCUT2D eigenvalue weighted by atomic mass is 10.1. The third-order valence-corrected chi connectivity index (χ3v) is 5.74. The SMILES string of the molecule is Cc1ccc(-c2nn(-c3ccccc3)cc2/C=N/NC(=O)C(C)Oc2cccc3cccnc23)cc1. The van der Waals surface area contributed by atoms with Crippen molar-refractivity contribution in [3.8, 4) is 22.7 Å². The van der Waals surface area contributed by atoms with Crippen LogP contribution in [-0.2, 0) is 4.79 Å². The number of fused-ring (bicyclic) bond motifs is 1. The minimum absolute atomic E-state index is 0.369. The third-order valence-electron chi connectivity index (χ3n) is 5.74. The molecule has 0 bridgehead atoms. The number of nitrogens with zero attached hydrogens (tertiary/aromatic N) is 4. The summed E-state index contributed by atoms with van der Waals surface area (Å²) >= 11 is 0. The van der Waals surface area contributed by atoms with Crippen molar-refractivity contribution in [3.05, 3.63) is 108 Å². The number of carbonyl (C=O) groups excluding carboxylic acids is 1. The minimum atomic E-state index is -0.765. The Hall–Kier alpha value is -4.78. The van der Waals surface area contributed by atoms with Gasteiger partial charge in [0.15, 0.2) is 6.10 Å². The summed E-state index contributed by atoms with van der Waals surface area (Å²) in [5, 5.41) is 9.93. The first kappa shape index (κ1) is 23.0. The van der Waals surface area contributed by atoms with Crippen LogP contribution in [0.5, 0.6) is 5.75 Å². The van der Waals surface area contributed by atoms with Crippen LogP contribution in [0.1, 0.15) is 18.1 Å². The molecule has 0 aliphatic carbocycles. The van der Waals surface area contributed by atoms with Crippen LogP contribution in [0.15, 0.2) is 102 Å². The molecule has 0 radical (unpaired) electrons. The largest absolute Gasteiger partial charge is 0.479 e. The molecule has 0 saturated carbocycles. The molecule has 0 aliphatic rings. The number of aromatic nitrogens is 3. The van der Waals surface area contributed by atoms with Gasteiger partial charge in [-0.15, -0.1) is 0 Å². The van der Waals surface area contributed by atoms with Gasteiger partial charge in [0.1, 0.15) is 17.0 Å². The van der Waals surface area contributed by atoms with Crippen molar-refractivity contribution in [3.63, 3.8) is 0 Å². The Morgan fingerprint density at radius 1 is 1.00 bits per heavy atom. The van der Waals surface area contributed by atoms with Gasteiger partial charge >= 0.3 is 0 Å². The molecule has 178 valence electrons. The number of nitrogens with one attached hydrogen (secondary N) is 1. The Morgan fingerprint density at radius 2 is 1.78 bits per heavy atom. The zero-order valence-corrected chi connectivity index (χ0v) is 20.0. The molecule has 3 aromatic carbocycles. The standard InChI is InChI=1S/C29H25N5O2/c1-20-13-15-23(16-14-20)27-24(19-34(33-27)25-10-4-3-5-11-25)18-31-32-29(35)21(2)36-26-12-6-8-22-9-7-17-30-28(22)26/h3-19,21H,1-2H3,(H,32,35)/b31-18+. The number of aryl methyl sites for hydroxylation is 1. The minimum Gasteiger partial charge on any atom is -0.479 e. The fourth-order valence-corrected chi connectivity index (χ4v) is 3.80. The maximum absolute atomic E-state index is 12.7. The number of hydrazone groups is 1. The second-order valence-corrected chi connectivity index (χ2v) is 8.40. The van der Waals surface area contributed by atoms with E-state index in [1.165, 1.54) is 5.56 Å². The topological polar surface area (TPSA) is 81.4 Å². The van der Waals surface area contributed by atoms with E-state index in [0.29, 0.717) is 11.3 Å². The van der Waals surface area contributed by atoms with Crippen LogP contribution in [0.4, 0.5) is 0 Å². The van der Waals surface area contributed by atoms with E-state index in [2.05, 4.69) is 15.5 Å². The Kier molecular flexibility index (Phi) is 6.53. The first-order chi connectivity index (χ1) is 17.6. The summed E-state index contributed by atoms with van der Waals surface area (Å²) in [6.45, 7) is 3.72. The van der Waals surface area contributed by atoms with Gasteiger partial charge in [-0.1, -0.05) is 66.2 Å². The first-order valence-corrected chi connectivity index (χ1v) is 11.6. The van der Waals surface area contributed by atoms with Crippen LogP contribution in [-0.4, -0.2) is 33.0 Å². The molecule has 0 spiro atoms. The van der Waals surface area contributed by atoms with E-state index in [1.54, 1.807) is 30.1 Å². The zero-order valence-electron chi connectivity index (χ0n) is 20.0. The predicted octanol–water partition coefficient (Wildman–Crippen LogP) is 5.31. The number of rotatable bonds is 7. The van der Waals surface area contributed by atoms with E-state index in [9.17, 15) is 4.79 Å². The zero-order chi connectivity index (χ0) is 24.9. The number of amides is 1. The summed E-state index contributed by atoms with van der Waals surface area (Å²) in [6.07, 6.45) is 4.43. The molecule has 1 amide bonds. The first-order valence-electron chi connectivity index (χ1n) is 11.6. The van der Waals surface area contributed by atoms with E-state index >= 15 is 0 Å². The molecule has 2 heterocycles. The molecule has 2 aromatic heterocycles. The van der Waals surface area contributed by atoms with Crippen LogP contribution in [0.25, 0.3) is 27.8 Å². The molecule has 0 aliphatic heterocycles. The molecular weight excluding hydrogens is 450 g/mol. The third kappa shape index (κ3) is 5.00. The number of hydrogen-bond donors (Lipinski definition) is 1. The normalized spacial score (nSPS) is 12.1. The van der Waals surface area contributed by atoms with Crippen molar-refractivity contribution in [2.24, 2.45) is 5.10 Å². The van der Waals surface area contributed by atoms with Crippen molar-refractivity contribution in [2.45, 2.75) is 20.0 Å². The van der Waals surface area contributed by atoms with Gasteiger partial charge in [-0.25, -0.2) is 10.1 Å². The lowest BCUT2D eigenvalue weighted by molar-refractivity contribution is -0.127. The number of para-hydroxylation sites is 2. The van der Waals surface area contributed by atoms with Crippen molar-refractivity contribution in [1.82, 2.24) is 20.2 Å². The Labute approximate surface area is 209 Å². The molecule has 7 nitrogen and oxygen atoms in total. The van der Waals surface area contributed by atoms with Crippen LogP contribution in [0, 0.1) is 6.92 Å². The van der Waals surface area contributed by atoms with Gasteiger partial charge in [0.25, 0.3) is 5.91 Å². The predicted molar refractivity (Wildman–Crippen MR) is 141 cm³/mol. The van der Waals surface area contributed by atoms with E-state index in [-0.39, 0.29) is 5.91 Å². The second kappa shape index (κ2) is 10.2. The second-order valence-electron chi connectivity index (χ2n) is 8.40. The maximum Gasteiger partial charge on any atom is 0.280 e. The fourth-order valence-electron chi connectivity index (χ4n) is 3.80. The lowest BCUT2D eigenvalue weighted by Gasteiger charge is -2.14. The van der Waals surface area contributed by atoms with Crippen LogP contribution >= 0.6 is 0 Å². The monoisotopic (exact) mass is 475 g/mol. The fraction of sp³-hybridized carbons (Fsp3) is 0.103. The summed E-state index contributed by atoms with van der Waals surface area (Å²) in [6, 6.07) is 27.4. The molecule has 36 heavy (non-hydrogen) atoms. The van der Waals surface area contributed by atoms with Crippen LogP contribution in [0.2, 0.25) is 0 Å². The maximum atomic E-state index is 12.7. The Morgan fingerprint density at radius 3 is 2.58 bits per heavy atom. The van der Waals surface area contributed by atoms with E-state index in [1.807, 2.05) is 92.0 Å². The summed E-state index contributed by atoms with van der Waals surface area (Å²) < 4.78 is 7.70. The van der Waals surface area contributed by atoms with Gasteiger partial charge in [0.05, 0.1) is 11.9 Å². The highest BCUT2D eigenvalue weighted by atomic mass is 16.5. The lowest BCUT2D eigenvalue weighted by Crippen LogP contribution is -2.33. The molecule has 1 unspecified atom stereocenters. The quantitative estimate of drug-likeness (QED) is 0.255. The van der Waals surface area contributed by atoms with Gasteiger partial charge in [-0.05, 0) is 38.1 Å². The summed E-state index contributed by atoms with van der Waals surface area (Å²) in [4.78, 5) is 17.1. The average Bonchev–Trinajstić information content (AvgIpc) is 3.34. The summed E-state index contributed by atoms with van der Waals surface area (Å²) in [5.74, 6) is 0.178. The number of pyridine rings is 1. The highest BCUT2D eigenvalue weighted by Gasteiger charge is 2.16. The molecule has 1 atom stereocenters. The molecule has 7 heteroatoms.